The van der Waals surface area contributed by atoms with Gasteiger partial charge >= 0.3 is 0 Å². The third-order valence-corrected chi connectivity index (χ3v) is 4.61. The lowest BCUT2D eigenvalue weighted by Crippen LogP contribution is -2.22. The van der Waals surface area contributed by atoms with Crippen molar-refractivity contribution >= 4 is 22.2 Å². The van der Waals surface area contributed by atoms with Crippen LogP contribution in [0.25, 0.3) is 21.5 Å². The fourth-order valence-corrected chi connectivity index (χ4v) is 3.64. The van der Waals surface area contributed by atoms with Crippen molar-refractivity contribution < 1.29 is 0 Å². The molecule has 19 heavy (non-hydrogen) atoms. The Hall–Kier alpha value is -1.78. The Morgan fingerprint density at radius 1 is 1.16 bits per heavy atom. The van der Waals surface area contributed by atoms with Crippen molar-refractivity contribution in [2.45, 2.75) is 13.0 Å². The summed E-state index contributed by atoms with van der Waals surface area (Å²) in [6, 6.07) is 10.3. The standard InChI is InChI=1S/C15H13N3S/c1-2-4-12-10(3-1)11(5-8-17-12)15-18-13-6-7-16-9-14(13)19-15/h1-5,8,16H,6-7,9H2. The number of thiazole rings is 1. The van der Waals surface area contributed by atoms with Gasteiger partial charge in [0.1, 0.15) is 5.01 Å². The van der Waals surface area contributed by atoms with E-state index in [1.54, 1.807) is 11.3 Å². The highest BCUT2D eigenvalue weighted by molar-refractivity contribution is 7.15. The predicted octanol–water partition coefficient (Wildman–Crippen LogP) is 3.00. The first-order valence-electron chi connectivity index (χ1n) is 6.45. The smallest absolute Gasteiger partial charge is 0.124 e. The molecule has 3 aromatic rings. The Morgan fingerprint density at radius 3 is 3.05 bits per heavy atom. The zero-order chi connectivity index (χ0) is 12.7. The first-order chi connectivity index (χ1) is 9.42. The third-order valence-electron chi connectivity index (χ3n) is 3.48. The summed E-state index contributed by atoms with van der Waals surface area (Å²) in [5, 5.41) is 5.70. The van der Waals surface area contributed by atoms with Crippen molar-refractivity contribution in [1.29, 1.82) is 0 Å². The Kier molecular flexibility index (Phi) is 2.57. The first-order valence-corrected chi connectivity index (χ1v) is 7.27. The highest BCUT2D eigenvalue weighted by Gasteiger charge is 2.16. The molecule has 4 heteroatoms. The summed E-state index contributed by atoms with van der Waals surface area (Å²) >= 11 is 1.80. The minimum atomic E-state index is 0.954. The summed E-state index contributed by atoms with van der Waals surface area (Å²) in [4.78, 5) is 10.6. The largest absolute Gasteiger partial charge is 0.311 e. The van der Waals surface area contributed by atoms with Gasteiger partial charge in [-0.3, -0.25) is 4.98 Å². The lowest BCUT2D eigenvalue weighted by molar-refractivity contribution is 0.644. The highest BCUT2D eigenvalue weighted by atomic mass is 32.1. The Bertz CT molecular complexity index is 719. The molecule has 0 aliphatic carbocycles. The second kappa shape index (κ2) is 4.40. The van der Waals surface area contributed by atoms with Crippen molar-refractivity contribution in [2.75, 3.05) is 6.54 Å². The summed E-state index contributed by atoms with van der Waals surface area (Å²) < 4.78 is 0. The van der Waals surface area contributed by atoms with Gasteiger partial charge in [0, 0.05) is 41.5 Å². The monoisotopic (exact) mass is 267 g/mol. The molecule has 0 spiro atoms. The van der Waals surface area contributed by atoms with Crippen LogP contribution in [0.2, 0.25) is 0 Å². The van der Waals surface area contributed by atoms with Crippen LogP contribution in [-0.2, 0) is 13.0 Å². The van der Waals surface area contributed by atoms with E-state index < -0.39 is 0 Å². The molecule has 94 valence electrons. The van der Waals surface area contributed by atoms with Gasteiger partial charge in [-0.15, -0.1) is 11.3 Å². The number of hydrogen-bond donors (Lipinski definition) is 1. The summed E-state index contributed by atoms with van der Waals surface area (Å²) in [7, 11) is 0. The number of benzene rings is 1. The van der Waals surface area contributed by atoms with Crippen molar-refractivity contribution in [1.82, 2.24) is 15.3 Å². The van der Waals surface area contributed by atoms with Gasteiger partial charge < -0.3 is 5.32 Å². The lowest BCUT2D eigenvalue weighted by atomic mass is 10.1. The van der Waals surface area contributed by atoms with Crippen LogP contribution >= 0.6 is 11.3 Å². The van der Waals surface area contributed by atoms with Crippen LogP contribution in [0.15, 0.2) is 36.5 Å². The second-order valence-corrected chi connectivity index (χ2v) is 5.77. The van der Waals surface area contributed by atoms with Gasteiger partial charge in [-0.2, -0.15) is 0 Å². The lowest BCUT2D eigenvalue weighted by Gasteiger charge is -2.09. The van der Waals surface area contributed by atoms with E-state index in [9.17, 15) is 0 Å². The number of aromatic nitrogens is 2. The average Bonchev–Trinajstić information content (AvgIpc) is 2.90. The molecule has 0 saturated heterocycles. The molecule has 4 rings (SSSR count). The number of rotatable bonds is 1. The first kappa shape index (κ1) is 11.1. The van der Waals surface area contributed by atoms with E-state index >= 15 is 0 Å². The third kappa shape index (κ3) is 1.84. The van der Waals surface area contributed by atoms with E-state index in [-0.39, 0.29) is 0 Å². The number of hydrogen-bond acceptors (Lipinski definition) is 4. The molecule has 3 heterocycles. The minimum Gasteiger partial charge on any atom is -0.311 e. The van der Waals surface area contributed by atoms with Crippen molar-refractivity contribution in [3.8, 4) is 10.6 Å². The van der Waals surface area contributed by atoms with Gasteiger partial charge in [0.25, 0.3) is 0 Å². The van der Waals surface area contributed by atoms with Gasteiger partial charge in [0.05, 0.1) is 11.2 Å². The maximum Gasteiger partial charge on any atom is 0.124 e. The summed E-state index contributed by atoms with van der Waals surface area (Å²) in [5.41, 5.74) is 3.50. The SMILES string of the molecule is c1ccc2c(-c3nc4c(s3)CNCC4)ccnc2c1. The second-order valence-electron chi connectivity index (χ2n) is 4.69. The summed E-state index contributed by atoms with van der Waals surface area (Å²) in [6.07, 6.45) is 2.91. The molecular weight excluding hydrogens is 254 g/mol. The van der Waals surface area contributed by atoms with E-state index in [2.05, 4.69) is 28.5 Å². The molecule has 0 saturated carbocycles. The molecule has 1 aliphatic rings. The number of nitrogens with one attached hydrogen (secondary N) is 1. The van der Waals surface area contributed by atoms with E-state index in [1.807, 2.05) is 18.3 Å². The van der Waals surface area contributed by atoms with Crippen LogP contribution in [-0.4, -0.2) is 16.5 Å². The fraction of sp³-hybridized carbons (Fsp3) is 0.200. The van der Waals surface area contributed by atoms with Gasteiger partial charge in [-0.05, 0) is 12.1 Å². The van der Waals surface area contributed by atoms with Crippen LogP contribution < -0.4 is 5.32 Å². The molecule has 1 aromatic carbocycles. The average molecular weight is 267 g/mol. The molecule has 3 nitrogen and oxygen atoms in total. The highest BCUT2D eigenvalue weighted by Crippen LogP contribution is 2.33. The van der Waals surface area contributed by atoms with E-state index in [1.165, 1.54) is 21.5 Å². The molecule has 1 N–H and O–H groups in total. The number of nitrogens with zero attached hydrogens (tertiary/aromatic N) is 2. The molecule has 0 fully saturated rings. The Morgan fingerprint density at radius 2 is 2.11 bits per heavy atom. The molecule has 0 atom stereocenters. The fourth-order valence-electron chi connectivity index (χ4n) is 2.52. The van der Waals surface area contributed by atoms with Crippen LogP contribution in [0.4, 0.5) is 0 Å². The van der Waals surface area contributed by atoms with E-state index in [0.717, 1.165) is 30.0 Å². The van der Waals surface area contributed by atoms with Crippen LogP contribution in [0, 0.1) is 0 Å². The van der Waals surface area contributed by atoms with Gasteiger partial charge in [0.2, 0.25) is 0 Å². The zero-order valence-corrected chi connectivity index (χ0v) is 11.2. The van der Waals surface area contributed by atoms with Gasteiger partial charge in [-0.1, -0.05) is 18.2 Å². The van der Waals surface area contributed by atoms with Gasteiger partial charge in [-0.25, -0.2) is 4.98 Å². The van der Waals surface area contributed by atoms with Gasteiger partial charge in [0.15, 0.2) is 0 Å². The number of para-hydroxylation sites is 1. The summed E-state index contributed by atoms with van der Waals surface area (Å²) in [6.45, 7) is 1.99. The van der Waals surface area contributed by atoms with E-state index in [4.69, 9.17) is 4.98 Å². The zero-order valence-electron chi connectivity index (χ0n) is 10.4. The Balaban J connectivity index is 1.92. The topological polar surface area (TPSA) is 37.8 Å². The normalized spacial score (nSPS) is 14.5. The van der Waals surface area contributed by atoms with Crippen molar-refractivity contribution in [3.63, 3.8) is 0 Å². The van der Waals surface area contributed by atoms with E-state index in [0.29, 0.717) is 0 Å². The molecule has 0 unspecified atom stereocenters. The van der Waals surface area contributed by atoms with Crippen LogP contribution in [0.5, 0.6) is 0 Å². The number of pyridine rings is 1. The van der Waals surface area contributed by atoms with Crippen molar-refractivity contribution in [3.05, 3.63) is 47.1 Å². The van der Waals surface area contributed by atoms with Crippen molar-refractivity contribution in [2.24, 2.45) is 0 Å². The molecule has 2 aromatic heterocycles. The Labute approximate surface area is 115 Å². The van der Waals surface area contributed by atoms with Crippen LogP contribution in [0.3, 0.4) is 0 Å². The number of fused-ring (bicyclic) bond motifs is 2. The minimum absolute atomic E-state index is 0.954. The summed E-state index contributed by atoms with van der Waals surface area (Å²) in [5.74, 6) is 0. The maximum absolute atomic E-state index is 4.82. The molecule has 1 aliphatic heterocycles. The molecule has 0 bridgehead atoms. The predicted molar refractivity (Wildman–Crippen MR) is 78.3 cm³/mol. The molecule has 0 amide bonds. The van der Waals surface area contributed by atoms with Crippen LogP contribution in [0.1, 0.15) is 10.6 Å². The maximum atomic E-state index is 4.82. The quantitative estimate of drug-likeness (QED) is 0.736. The molecule has 0 radical (unpaired) electrons. The molecular formula is C15H13N3S.